The maximum atomic E-state index is 13.4. The second-order valence-corrected chi connectivity index (χ2v) is 9.36. The van der Waals surface area contributed by atoms with Crippen LogP contribution in [0.1, 0.15) is 22.7 Å². The molecule has 2 aliphatic rings. The summed E-state index contributed by atoms with van der Waals surface area (Å²) in [5, 5.41) is 11.7. The Morgan fingerprint density at radius 2 is 1.78 bits per heavy atom. The number of carbonyl (C=O) groups excluding carboxylic acids is 2. The highest BCUT2D eigenvalue weighted by Crippen LogP contribution is 2.42. The Bertz CT molecular complexity index is 1420. The van der Waals surface area contributed by atoms with Crippen molar-refractivity contribution in [2.75, 3.05) is 32.9 Å². The zero-order chi connectivity index (χ0) is 26.3. The van der Waals surface area contributed by atoms with Crippen molar-refractivity contribution in [3.05, 3.63) is 87.9 Å². The van der Waals surface area contributed by atoms with E-state index >= 15 is 0 Å². The van der Waals surface area contributed by atoms with Gasteiger partial charge in [0.1, 0.15) is 11.5 Å². The number of likely N-dealkylation sites (tertiary alicyclic amines) is 1. The number of amides is 1. The Morgan fingerprint density at radius 3 is 2.49 bits per heavy atom. The average Bonchev–Trinajstić information content (AvgIpc) is 3.46. The number of ether oxygens (including phenoxy) is 3. The number of rotatable bonds is 6. The van der Waals surface area contributed by atoms with E-state index in [2.05, 4.69) is 0 Å². The molecule has 5 rings (SSSR count). The number of carbonyl (C=O) groups is 2. The first-order chi connectivity index (χ1) is 17.8. The summed E-state index contributed by atoms with van der Waals surface area (Å²) in [6.45, 7) is 0.258. The van der Waals surface area contributed by atoms with Gasteiger partial charge in [-0.1, -0.05) is 29.8 Å². The number of nitrogens with zero attached hydrogens (tertiary/aromatic N) is 2. The molecule has 1 saturated heterocycles. The summed E-state index contributed by atoms with van der Waals surface area (Å²) < 4.78 is 16.1. The molecule has 1 fully saturated rings. The molecule has 2 heterocycles. The van der Waals surface area contributed by atoms with Crippen molar-refractivity contribution < 1.29 is 28.9 Å². The number of aliphatic hydroxyl groups is 1. The molecule has 2 aliphatic heterocycles. The number of hydrogen-bond donors (Lipinski definition) is 1. The molecule has 3 aromatic rings. The van der Waals surface area contributed by atoms with Crippen LogP contribution >= 0.6 is 11.6 Å². The summed E-state index contributed by atoms with van der Waals surface area (Å²) in [6, 6.07) is 16.8. The van der Waals surface area contributed by atoms with Gasteiger partial charge in [0.25, 0.3) is 11.7 Å². The van der Waals surface area contributed by atoms with Gasteiger partial charge in [0.15, 0.2) is 11.5 Å². The van der Waals surface area contributed by atoms with Crippen molar-refractivity contribution in [2.45, 2.75) is 12.6 Å². The van der Waals surface area contributed by atoms with Crippen LogP contribution in [0.4, 0.5) is 5.69 Å². The van der Waals surface area contributed by atoms with Crippen LogP contribution in [0.15, 0.2) is 66.2 Å². The van der Waals surface area contributed by atoms with Gasteiger partial charge in [-0.2, -0.15) is 0 Å². The fraction of sp³-hybridized carbons (Fsp3) is 0.214. The quantitative estimate of drug-likeness (QED) is 0.284. The Morgan fingerprint density at radius 1 is 1.05 bits per heavy atom. The largest absolute Gasteiger partial charge is 0.507 e. The van der Waals surface area contributed by atoms with Crippen LogP contribution in [-0.2, 0) is 16.1 Å². The lowest BCUT2D eigenvalue weighted by atomic mass is 9.95. The van der Waals surface area contributed by atoms with E-state index < -0.39 is 17.7 Å². The molecule has 0 bridgehead atoms. The van der Waals surface area contributed by atoms with Gasteiger partial charge in [-0.15, -0.1) is 0 Å². The predicted octanol–water partition coefficient (Wildman–Crippen LogP) is 4.77. The zero-order valence-corrected chi connectivity index (χ0v) is 21.3. The van der Waals surface area contributed by atoms with E-state index in [0.29, 0.717) is 33.4 Å². The number of benzene rings is 3. The molecular formula is C28H25ClN2O6. The third-order valence-electron chi connectivity index (χ3n) is 6.48. The fourth-order valence-corrected chi connectivity index (χ4v) is 4.74. The molecule has 0 aromatic heterocycles. The van der Waals surface area contributed by atoms with E-state index in [4.69, 9.17) is 25.8 Å². The van der Waals surface area contributed by atoms with Gasteiger partial charge in [0, 0.05) is 31.9 Å². The van der Waals surface area contributed by atoms with Gasteiger partial charge in [0.05, 0.1) is 23.7 Å². The standard InChI is InChI=1S/C28H25ClN2O6/c1-30(2)19-8-5-17(6-9-19)25-24(26(32)18-7-10-20(29)22(13-18)35-3)27(33)28(34)31(25)14-16-4-11-21-23(12-16)37-15-36-21/h4-13,25,32H,14-15H2,1-3H3/b26-24+. The Hall–Kier alpha value is -4.17. The van der Waals surface area contributed by atoms with Gasteiger partial charge in [-0.05, 0) is 53.6 Å². The maximum Gasteiger partial charge on any atom is 0.295 e. The molecular weight excluding hydrogens is 496 g/mol. The lowest BCUT2D eigenvalue weighted by molar-refractivity contribution is -0.140. The maximum absolute atomic E-state index is 13.4. The summed E-state index contributed by atoms with van der Waals surface area (Å²) in [7, 11) is 5.31. The minimum Gasteiger partial charge on any atom is -0.507 e. The topological polar surface area (TPSA) is 88.5 Å². The van der Waals surface area contributed by atoms with Gasteiger partial charge >= 0.3 is 0 Å². The van der Waals surface area contributed by atoms with E-state index in [0.717, 1.165) is 11.3 Å². The number of hydrogen-bond acceptors (Lipinski definition) is 7. The first-order valence-electron chi connectivity index (χ1n) is 11.6. The first-order valence-corrected chi connectivity index (χ1v) is 11.9. The van der Waals surface area contributed by atoms with Crippen LogP contribution in [0.3, 0.4) is 0 Å². The third-order valence-corrected chi connectivity index (χ3v) is 6.79. The second kappa shape index (κ2) is 9.71. The van der Waals surface area contributed by atoms with Gasteiger partial charge in [-0.3, -0.25) is 9.59 Å². The molecule has 1 amide bonds. The van der Waals surface area contributed by atoms with E-state index in [1.165, 1.54) is 18.1 Å². The minimum absolute atomic E-state index is 0.00674. The lowest BCUT2D eigenvalue weighted by Crippen LogP contribution is -2.29. The third kappa shape index (κ3) is 4.44. The minimum atomic E-state index is -0.816. The number of ketones is 1. The second-order valence-electron chi connectivity index (χ2n) is 8.95. The number of halogens is 1. The van der Waals surface area contributed by atoms with Crippen LogP contribution in [0.2, 0.25) is 5.02 Å². The first kappa shape index (κ1) is 24.5. The molecule has 0 saturated carbocycles. The van der Waals surface area contributed by atoms with Crippen molar-refractivity contribution in [1.29, 1.82) is 0 Å². The number of aliphatic hydroxyl groups excluding tert-OH is 1. The Balaban J connectivity index is 1.62. The summed E-state index contributed by atoms with van der Waals surface area (Å²) in [5.41, 5.74) is 2.71. The highest BCUT2D eigenvalue weighted by Gasteiger charge is 2.46. The van der Waals surface area contributed by atoms with Crippen LogP contribution in [0.25, 0.3) is 5.76 Å². The number of fused-ring (bicyclic) bond motifs is 1. The molecule has 8 nitrogen and oxygen atoms in total. The molecule has 1 N–H and O–H groups in total. The van der Waals surface area contributed by atoms with E-state index in [1.807, 2.05) is 49.3 Å². The van der Waals surface area contributed by atoms with E-state index in [9.17, 15) is 14.7 Å². The van der Waals surface area contributed by atoms with Crippen LogP contribution in [-0.4, -0.2) is 49.7 Å². The average molecular weight is 521 g/mol. The molecule has 9 heteroatoms. The molecule has 0 radical (unpaired) electrons. The molecule has 3 aromatic carbocycles. The van der Waals surface area contributed by atoms with E-state index in [-0.39, 0.29) is 24.7 Å². The Kier molecular flexibility index (Phi) is 6.43. The van der Waals surface area contributed by atoms with Gasteiger partial charge in [0.2, 0.25) is 6.79 Å². The van der Waals surface area contributed by atoms with Crippen molar-refractivity contribution in [1.82, 2.24) is 4.90 Å². The number of anilines is 1. The summed E-state index contributed by atoms with van der Waals surface area (Å²) in [6.07, 6.45) is 0. The zero-order valence-electron chi connectivity index (χ0n) is 20.5. The lowest BCUT2D eigenvalue weighted by Gasteiger charge is -2.26. The fourth-order valence-electron chi connectivity index (χ4n) is 4.54. The van der Waals surface area contributed by atoms with Crippen LogP contribution in [0, 0.1) is 0 Å². The number of Topliss-reactive ketones (excluding diaryl/α,β-unsaturated/α-hetero) is 1. The van der Waals surface area contributed by atoms with Gasteiger partial charge < -0.3 is 29.1 Å². The molecule has 190 valence electrons. The van der Waals surface area contributed by atoms with Crippen LogP contribution in [0.5, 0.6) is 17.2 Å². The monoisotopic (exact) mass is 520 g/mol. The number of methoxy groups -OCH3 is 1. The molecule has 0 spiro atoms. The summed E-state index contributed by atoms with van der Waals surface area (Å²) in [5.74, 6) is -0.237. The highest BCUT2D eigenvalue weighted by molar-refractivity contribution is 6.46. The predicted molar refractivity (Wildman–Crippen MR) is 139 cm³/mol. The SMILES string of the molecule is COc1cc(/C(O)=C2\C(=O)C(=O)N(Cc3ccc4c(c3)OCO4)C2c2ccc(N(C)C)cc2)ccc1Cl. The smallest absolute Gasteiger partial charge is 0.295 e. The van der Waals surface area contributed by atoms with Gasteiger partial charge in [-0.25, -0.2) is 0 Å². The molecule has 1 atom stereocenters. The molecule has 37 heavy (non-hydrogen) atoms. The molecule has 0 aliphatic carbocycles. The summed E-state index contributed by atoms with van der Waals surface area (Å²) in [4.78, 5) is 30.1. The van der Waals surface area contributed by atoms with Crippen molar-refractivity contribution in [3.8, 4) is 17.2 Å². The Labute approximate surface area is 219 Å². The normalized spacial score (nSPS) is 17.8. The van der Waals surface area contributed by atoms with Crippen molar-refractivity contribution >= 4 is 34.7 Å². The van der Waals surface area contributed by atoms with Crippen molar-refractivity contribution in [3.63, 3.8) is 0 Å². The molecule has 1 unspecified atom stereocenters. The summed E-state index contributed by atoms with van der Waals surface area (Å²) >= 11 is 6.16. The highest BCUT2D eigenvalue weighted by atomic mass is 35.5. The van der Waals surface area contributed by atoms with Crippen LogP contribution < -0.4 is 19.1 Å². The van der Waals surface area contributed by atoms with E-state index in [1.54, 1.807) is 24.3 Å². The van der Waals surface area contributed by atoms with Crippen molar-refractivity contribution in [2.24, 2.45) is 0 Å².